The van der Waals surface area contributed by atoms with Crippen LogP contribution in [0.5, 0.6) is 0 Å². The van der Waals surface area contributed by atoms with Crippen molar-refractivity contribution < 1.29 is 4.79 Å². The summed E-state index contributed by atoms with van der Waals surface area (Å²) < 4.78 is 0. The Morgan fingerprint density at radius 2 is 2.00 bits per heavy atom. The first-order valence-electron chi connectivity index (χ1n) is 6.34. The number of benzene rings is 1. The lowest BCUT2D eigenvalue weighted by Crippen LogP contribution is -2.45. The molecule has 0 radical (unpaired) electrons. The average molecular weight is 273 g/mol. The van der Waals surface area contributed by atoms with Crippen molar-refractivity contribution in [3.63, 3.8) is 0 Å². The molecule has 0 saturated heterocycles. The quantitative estimate of drug-likeness (QED) is 0.487. The summed E-state index contributed by atoms with van der Waals surface area (Å²) >= 11 is 1.50. The van der Waals surface area contributed by atoms with Crippen molar-refractivity contribution in [1.29, 1.82) is 0 Å². The predicted molar refractivity (Wildman–Crippen MR) is 81.7 cm³/mol. The molecule has 1 aromatic carbocycles. The van der Waals surface area contributed by atoms with Crippen molar-refractivity contribution in [2.24, 2.45) is 0 Å². The van der Waals surface area contributed by atoms with Gasteiger partial charge in [-0.3, -0.25) is 4.79 Å². The normalized spacial score (nSPS) is 11.2. The van der Waals surface area contributed by atoms with E-state index in [0.717, 1.165) is 17.7 Å². The van der Waals surface area contributed by atoms with E-state index in [1.54, 1.807) is 5.41 Å². The van der Waals surface area contributed by atoms with E-state index in [2.05, 4.69) is 11.2 Å². The number of terminal acetylenes is 1. The molecule has 0 aliphatic rings. The van der Waals surface area contributed by atoms with Crippen LogP contribution in [0.4, 0.5) is 0 Å². The second-order valence-electron chi connectivity index (χ2n) is 4.16. The highest BCUT2D eigenvalue weighted by molar-refractivity contribution is 8.02. The summed E-state index contributed by atoms with van der Waals surface area (Å²) in [4.78, 5) is 12.9. The summed E-state index contributed by atoms with van der Waals surface area (Å²) in [7, 11) is 0. The van der Waals surface area contributed by atoms with E-state index < -0.39 is 5.54 Å². The van der Waals surface area contributed by atoms with E-state index in [0.29, 0.717) is 0 Å². The molecule has 0 heterocycles. The molecule has 2 nitrogen and oxygen atoms in total. The molecule has 1 aromatic rings. The first kappa shape index (κ1) is 15.4. The van der Waals surface area contributed by atoms with Crippen molar-refractivity contribution in [3.05, 3.63) is 41.8 Å². The number of thioether (sulfide) groups is 1. The van der Waals surface area contributed by atoms with Crippen LogP contribution in [0.3, 0.4) is 0 Å². The van der Waals surface area contributed by atoms with Crippen LogP contribution in [-0.4, -0.2) is 11.4 Å². The Balaban J connectivity index is 2.54. The minimum absolute atomic E-state index is 0.148. The number of carbonyl (C=O) groups excluding carboxylic acids is 1. The van der Waals surface area contributed by atoms with Gasteiger partial charge < -0.3 is 5.32 Å². The third kappa shape index (κ3) is 4.84. The van der Waals surface area contributed by atoms with E-state index in [1.165, 1.54) is 17.8 Å². The Morgan fingerprint density at radius 3 is 2.53 bits per heavy atom. The standard InChI is InChI=1S/C16H19NOS/c1-4-16(5-2,6-3)17-15(18)12-13-19-14-10-8-7-9-11-14/h1,7-13H,5-6H2,2-3H3,(H,17,18)/b13-12+. The van der Waals surface area contributed by atoms with Crippen molar-refractivity contribution >= 4 is 17.7 Å². The average Bonchev–Trinajstić information content (AvgIpc) is 2.46. The molecule has 0 aromatic heterocycles. The van der Waals surface area contributed by atoms with Gasteiger partial charge in [-0.2, -0.15) is 0 Å². The van der Waals surface area contributed by atoms with Gasteiger partial charge in [-0.05, 0) is 30.4 Å². The Labute approximate surface area is 119 Å². The summed E-state index contributed by atoms with van der Waals surface area (Å²) in [6, 6.07) is 9.89. The molecule has 0 saturated carbocycles. The fourth-order valence-electron chi connectivity index (χ4n) is 1.62. The third-order valence-electron chi connectivity index (χ3n) is 3.01. The van der Waals surface area contributed by atoms with Crippen LogP contribution in [0.1, 0.15) is 26.7 Å². The summed E-state index contributed by atoms with van der Waals surface area (Å²) in [5.41, 5.74) is -0.529. The summed E-state index contributed by atoms with van der Waals surface area (Å²) in [5.74, 6) is 2.53. The van der Waals surface area contributed by atoms with E-state index >= 15 is 0 Å². The Bertz CT molecular complexity index is 469. The van der Waals surface area contributed by atoms with Crippen molar-refractivity contribution in [2.75, 3.05) is 0 Å². The van der Waals surface area contributed by atoms with Gasteiger partial charge in [-0.1, -0.05) is 49.7 Å². The molecule has 3 heteroatoms. The fourth-order valence-corrected chi connectivity index (χ4v) is 2.28. The zero-order chi connectivity index (χ0) is 14.1. The van der Waals surface area contributed by atoms with Crippen LogP contribution in [0.2, 0.25) is 0 Å². The molecular weight excluding hydrogens is 254 g/mol. The molecule has 0 aliphatic carbocycles. The molecule has 0 unspecified atom stereocenters. The lowest BCUT2D eigenvalue weighted by atomic mass is 9.94. The van der Waals surface area contributed by atoms with Crippen LogP contribution in [-0.2, 0) is 4.79 Å². The molecule has 1 rings (SSSR count). The smallest absolute Gasteiger partial charge is 0.245 e. The SMILES string of the molecule is C#CC(CC)(CC)NC(=O)/C=C/Sc1ccccc1. The monoisotopic (exact) mass is 273 g/mol. The van der Waals surface area contributed by atoms with Gasteiger partial charge in [0.1, 0.15) is 5.54 Å². The van der Waals surface area contributed by atoms with Crippen LogP contribution in [0.25, 0.3) is 0 Å². The number of hydrogen-bond acceptors (Lipinski definition) is 2. The van der Waals surface area contributed by atoms with Gasteiger partial charge in [0, 0.05) is 11.0 Å². The van der Waals surface area contributed by atoms with Gasteiger partial charge in [0.25, 0.3) is 0 Å². The Kier molecular flexibility index (Phi) is 6.24. The topological polar surface area (TPSA) is 29.1 Å². The molecular formula is C16H19NOS. The Hall–Kier alpha value is -1.66. The minimum Gasteiger partial charge on any atom is -0.336 e. The van der Waals surface area contributed by atoms with E-state index in [9.17, 15) is 4.79 Å². The molecule has 0 spiro atoms. The van der Waals surface area contributed by atoms with Crippen LogP contribution in [0, 0.1) is 12.3 Å². The van der Waals surface area contributed by atoms with Crippen molar-refractivity contribution in [2.45, 2.75) is 37.1 Å². The second kappa shape index (κ2) is 7.70. The van der Waals surface area contributed by atoms with Gasteiger partial charge >= 0.3 is 0 Å². The fraction of sp³-hybridized carbons (Fsp3) is 0.312. The lowest BCUT2D eigenvalue weighted by Gasteiger charge is -2.26. The first-order chi connectivity index (χ1) is 9.15. The second-order valence-corrected chi connectivity index (χ2v) is 5.14. The number of rotatable bonds is 6. The third-order valence-corrected chi connectivity index (χ3v) is 3.83. The molecule has 0 atom stereocenters. The zero-order valence-corrected chi connectivity index (χ0v) is 12.2. The van der Waals surface area contributed by atoms with Crippen LogP contribution in [0.15, 0.2) is 46.7 Å². The number of nitrogens with one attached hydrogen (secondary N) is 1. The zero-order valence-electron chi connectivity index (χ0n) is 11.3. The highest BCUT2D eigenvalue weighted by Gasteiger charge is 2.23. The highest BCUT2D eigenvalue weighted by Crippen LogP contribution is 2.18. The van der Waals surface area contributed by atoms with Crippen LogP contribution >= 0.6 is 11.8 Å². The number of carbonyl (C=O) groups is 1. The maximum Gasteiger partial charge on any atom is 0.245 e. The van der Waals surface area contributed by atoms with Crippen LogP contribution < -0.4 is 5.32 Å². The van der Waals surface area contributed by atoms with Gasteiger partial charge in [0.2, 0.25) is 5.91 Å². The van der Waals surface area contributed by atoms with E-state index in [-0.39, 0.29) is 5.91 Å². The van der Waals surface area contributed by atoms with Crippen molar-refractivity contribution in [3.8, 4) is 12.3 Å². The number of hydrogen-bond donors (Lipinski definition) is 1. The van der Waals surface area contributed by atoms with Gasteiger partial charge in [0.05, 0.1) is 0 Å². The van der Waals surface area contributed by atoms with Gasteiger partial charge in [0.15, 0.2) is 0 Å². The maximum absolute atomic E-state index is 11.8. The molecule has 100 valence electrons. The maximum atomic E-state index is 11.8. The molecule has 1 N–H and O–H groups in total. The van der Waals surface area contributed by atoms with Crippen molar-refractivity contribution in [1.82, 2.24) is 5.32 Å². The molecule has 0 bridgehead atoms. The molecule has 0 aliphatic heterocycles. The summed E-state index contributed by atoms with van der Waals surface area (Å²) in [6.45, 7) is 3.96. The number of amides is 1. The highest BCUT2D eigenvalue weighted by atomic mass is 32.2. The first-order valence-corrected chi connectivity index (χ1v) is 7.22. The lowest BCUT2D eigenvalue weighted by molar-refractivity contribution is -0.117. The minimum atomic E-state index is -0.529. The molecule has 1 amide bonds. The predicted octanol–water partition coefficient (Wildman–Crippen LogP) is 3.60. The van der Waals surface area contributed by atoms with Gasteiger partial charge in [-0.25, -0.2) is 0 Å². The van der Waals surface area contributed by atoms with E-state index in [4.69, 9.17) is 6.42 Å². The summed E-state index contributed by atoms with van der Waals surface area (Å²) in [5, 5.41) is 4.67. The summed E-state index contributed by atoms with van der Waals surface area (Å²) in [6.07, 6.45) is 8.48. The molecule has 0 fully saturated rings. The van der Waals surface area contributed by atoms with E-state index in [1.807, 2.05) is 44.2 Å². The molecule has 19 heavy (non-hydrogen) atoms. The van der Waals surface area contributed by atoms with Gasteiger partial charge in [-0.15, -0.1) is 6.42 Å². The Morgan fingerprint density at radius 1 is 1.37 bits per heavy atom. The largest absolute Gasteiger partial charge is 0.336 e.